The molecule has 0 saturated heterocycles. The Kier molecular flexibility index (Phi) is 1.55. The normalized spacial score (nSPS) is 10.4. The maximum absolute atomic E-state index is 11.1. The number of fused-ring (bicyclic) bond motifs is 1. The van der Waals surface area contributed by atoms with Gasteiger partial charge in [-0.3, -0.25) is 9.78 Å². The van der Waals surface area contributed by atoms with Gasteiger partial charge in [0.1, 0.15) is 10.2 Å². The van der Waals surface area contributed by atoms with Gasteiger partial charge in [0.15, 0.2) is 0 Å². The van der Waals surface area contributed by atoms with E-state index < -0.39 is 0 Å². The molecule has 0 saturated carbocycles. The van der Waals surface area contributed by atoms with E-state index in [0.29, 0.717) is 5.32 Å². The molecule has 4 heteroatoms. The molecule has 3 nitrogen and oxygen atoms in total. The van der Waals surface area contributed by atoms with Gasteiger partial charge in [0.25, 0.3) is 5.56 Å². The highest BCUT2D eigenvalue weighted by molar-refractivity contribution is 6.30. The second-order valence-electron chi connectivity index (χ2n) is 2.43. The molecular weight excluding hydrogens is 168 g/mol. The first-order chi connectivity index (χ1) is 5.77. The standard InChI is InChI=1S/C8H5N2OSi/c11-7-8(12)10-6-4-2-1-3-5(6)9-7/h1-4H,(H,9,11). The third-order valence-corrected chi connectivity index (χ3v) is 1.94. The maximum atomic E-state index is 11.1. The number of nitrogens with one attached hydrogen (secondary N) is 1. The second kappa shape index (κ2) is 2.56. The Morgan fingerprint density at radius 3 is 2.92 bits per heavy atom. The topological polar surface area (TPSA) is 45.8 Å². The minimum atomic E-state index is -0.203. The largest absolute Gasteiger partial charge is 0.319 e. The minimum absolute atomic E-state index is 0.203. The van der Waals surface area contributed by atoms with Crippen LogP contribution in [0.3, 0.4) is 0 Å². The first-order valence-electron chi connectivity index (χ1n) is 3.48. The third-order valence-electron chi connectivity index (χ3n) is 1.60. The molecule has 1 N–H and O–H groups in total. The van der Waals surface area contributed by atoms with E-state index >= 15 is 0 Å². The van der Waals surface area contributed by atoms with Crippen molar-refractivity contribution in [3.8, 4) is 0 Å². The van der Waals surface area contributed by atoms with E-state index in [1.165, 1.54) is 0 Å². The van der Waals surface area contributed by atoms with E-state index in [1.54, 1.807) is 0 Å². The Hall–Kier alpha value is -1.42. The van der Waals surface area contributed by atoms with Gasteiger partial charge in [0.05, 0.1) is 16.4 Å². The van der Waals surface area contributed by atoms with Crippen molar-refractivity contribution >= 4 is 26.6 Å². The molecule has 0 aliphatic heterocycles. The molecule has 0 unspecified atom stereocenters. The average Bonchev–Trinajstić information content (AvgIpc) is 2.07. The van der Waals surface area contributed by atoms with Crippen molar-refractivity contribution in [3.05, 3.63) is 34.6 Å². The van der Waals surface area contributed by atoms with Gasteiger partial charge >= 0.3 is 0 Å². The number of rotatable bonds is 0. The van der Waals surface area contributed by atoms with Crippen molar-refractivity contribution in [2.24, 2.45) is 0 Å². The van der Waals surface area contributed by atoms with Crippen LogP contribution in [0.2, 0.25) is 0 Å². The molecule has 57 valence electrons. The molecule has 2 aromatic rings. The van der Waals surface area contributed by atoms with Crippen LogP contribution in [0.25, 0.3) is 11.0 Å². The van der Waals surface area contributed by atoms with Crippen LogP contribution in [0.5, 0.6) is 0 Å². The van der Waals surface area contributed by atoms with Crippen LogP contribution in [0, 0.1) is 0 Å². The van der Waals surface area contributed by atoms with Gasteiger partial charge in [0.2, 0.25) is 0 Å². The Bertz CT molecular complexity index is 478. The smallest absolute Gasteiger partial charge is 0.264 e. The summed E-state index contributed by atoms with van der Waals surface area (Å²) < 4.78 is 0. The molecule has 1 aromatic carbocycles. The van der Waals surface area contributed by atoms with Gasteiger partial charge in [-0.2, -0.15) is 0 Å². The van der Waals surface area contributed by atoms with E-state index in [2.05, 4.69) is 20.2 Å². The van der Waals surface area contributed by atoms with E-state index in [-0.39, 0.29) is 5.56 Å². The highest BCUT2D eigenvalue weighted by Crippen LogP contribution is 2.02. The summed E-state index contributed by atoms with van der Waals surface area (Å²) in [6.07, 6.45) is 0. The lowest BCUT2D eigenvalue weighted by Crippen LogP contribution is -2.30. The fourth-order valence-electron chi connectivity index (χ4n) is 1.03. The summed E-state index contributed by atoms with van der Waals surface area (Å²) in [6, 6.07) is 7.39. The molecule has 0 fully saturated rings. The zero-order valence-corrected chi connectivity index (χ0v) is 7.16. The van der Waals surface area contributed by atoms with Gasteiger partial charge in [0, 0.05) is 0 Å². The van der Waals surface area contributed by atoms with Crippen LogP contribution in [-0.4, -0.2) is 20.2 Å². The fraction of sp³-hybridized carbons (Fsp3) is 0. The number of hydrogen-bond acceptors (Lipinski definition) is 2. The van der Waals surface area contributed by atoms with Crippen LogP contribution in [0.15, 0.2) is 29.1 Å². The van der Waals surface area contributed by atoms with Crippen LogP contribution >= 0.6 is 0 Å². The summed E-state index contributed by atoms with van der Waals surface area (Å²) in [5.41, 5.74) is 1.33. The molecule has 12 heavy (non-hydrogen) atoms. The van der Waals surface area contributed by atoms with Crippen molar-refractivity contribution in [3.63, 3.8) is 0 Å². The lowest BCUT2D eigenvalue weighted by atomic mass is 10.3. The Morgan fingerprint density at radius 2 is 2.08 bits per heavy atom. The van der Waals surface area contributed by atoms with Crippen LogP contribution in [-0.2, 0) is 0 Å². The third kappa shape index (κ3) is 1.06. The molecule has 1 heterocycles. The first kappa shape index (κ1) is 7.24. The van der Waals surface area contributed by atoms with Crippen molar-refractivity contribution in [1.29, 1.82) is 0 Å². The van der Waals surface area contributed by atoms with Gasteiger partial charge in [-0.25, -0.2) is 0 Å². The van der Waals surface area contributed by atoms with Crippen LogP contribution < -0.4 is 10.9 Å². The van der Waals surface area contributed by atoms with E-state index in [9.17, 15) is 4.79 Å². The van der Waals surface area contributed by atoms with Crippen molar-refractivity contribution in [1.82, 2.24) is 9.97 Å². The molecular formula is C8H5N2OSi. The van der Waals surface area contributed by atoms with Gasteiger partial charge in [-0.15, -0.1) is 0 Å². The van der Waals surface area contributed by atoms with Gasteiger partial charge in [-0.1, -0.05) is 12.1 Å². The predicted octanol–water partition coefficient (Wildman–Crippen LogP) is -0.283. The van der Waals surface area contributed by atoms with Crippen molar-refractivity contribution < 1.29 is 0 Å². The molecule has 2 rings (SSSR count). The number of benzene rings is 1. The van der Waals surface area contributed by atoms with Gasteiger partial charge in [-0.05, 0) is 12.1 Å². The van der Waals surface area contributed by atoms with Crippen LogP contribution in [0.1, 0.15) is 0 Å². The summed E-state index contributed by atoms with van der Waals surface area (Å²) >= 11 is 0. The number of para-hydroxylation sites is 2. The van der Waals surface area contributed by atoms with Crippen LogP contribution in [0.4, 0.5) is 0 Å². The minimum Gasteiger partial charge on any atom is -0.319 e. The van der Waals surface area contributed by atoms with E-state index in [1.807, 2.05) is 24.3 Å². The zero-order chi connectivity index (χ0) is 8.55. The molecule has 0 bridgehead atoms. The molecule has 3 radical (unpaired) electrons. The molecule has 0 aliphatic rings. The predicted molar refractivity (Wildman–Crippen MR) is 47.8 cm³/mol. The van der Waals surface area contributed by atoms with Crippen molar-refractivity contribution in [2.45, 2.75) is 0 Å². The summed E-state index contributed by atoms with van der Waals surface area (Å²) in [6.45, 7) is 0. The molecule has 0 spiro atoms. The molecule has 0 amide bonds. The summed E-state index contributed by atoms with van der Waals surface area (Å²) in [7, 11) is 3.11. The summed E-state index contributed by atoms with van der Waals surface area (Å²) in [4.78, 5) is 17.8. The Morgan fingerprint density at radius 1 is 1.33 bits per heavy atom. The number of nitrogens with zero attached hydrogens (tertiary/aromatic N) is 1. The molecule has 0 atom stereocenters. The SMILES string of the molecule is O=c1[nH]c2ccccc2nc1[Si]. The van der Waals surface area contributed by atoms with E-state index in [0.717, 1.165) is 11.0 Å². The lowest BCUT2D eigenvalue weighted by molar-refractivity contribution is 1.26. The Balaban J connectivity index is 2.93. The first-order valence-corrected chi connectivity index (χ1v) is 3.98. The zero-order valence-electron chi connectivity index (χ0n) is 6.16. The number of H-pyrrole nitrogens is 1. The molecule has 0 aliphatic carbocycles. The van der Waals surface area contributed by atoms with Crippen molar-refractivity contribution in [2.75, 3.05) is 0 Å². The number of aromatic nitrogens is 2. The summed E-state index contributed by atoms with van der Waals surface area (Å²) in [5.74, 6) is 0. The second-order valence-corrected chi connectivity index (χ2v) is 2.91. The summed E-state index contributed by atoms with van der Waals surface area (Å²) in [5, 5.41) is 0.314. The highest BCUT2D eigenvalue weighted by atomic mass is 28.1. The number of hydrogen-bond donors (Lipinski definition) is 1. The molecule has 1 aromatic heterocycles. The highest BCUT2D eigenvalue weighted by Gasteiger charge is 1.97. The maximum Gasteiger partial charge on any atom is 0.264 e. The Labute approximate surface area is 71.9 Å². The fourth-order valence-corrected chi connectivity index (χ4v) is 1.21. The van der Waals surface area contributed by atoms with E-state index in [4.69, 9.17) is 0 Å². The quantitative estimate of drug-likeness (QED) is 0.557. The average molecular weight is 173 g/mol. The lowest BCUT2D eigenvalue weighted by Gasteiger charge is -1.96. The van der Waals surface area contributed by atoms with Gasteiger partial charge < -0.3 is 4.98 Å². The number of aromatic amines is 1. The monoisotopic (exact) mass is 173 g/mol.